The summed E-state index contributed by atoms with van der Waals surface area (Å²) in [7, 11) is 1.41. The van der Waals surface area contributed by atoms with Crippen LogP contribution in [0.3, 0.4) is 0 Å². The van der Waals surface area contributed by atoms with Gasteiger partial charge in [-0.25, -0.2) is 4.98 Å². The third-order valence-corrected chi connectivity index (χ3v) is 3.00. The van der Waals surface area contributed by atoms with E-state index >= 15 is 0 Å². The summed E-state index contributed by atoms with van der Waals surface area (Å²) in [5, 5.41) is 11.1. The molecular formula is C12H12N2O4. The smallest absolute Gasteiger partial charge is 0.261 e. The van der Waals surface area contributed by atoms with Crippen molar-refractivity contribution in [3.63, 3.8) is 0 Å². The fraction of sp³-hybridized carbons (Fsp3) is 0.333. The molecule has 6 heteroatoms. The second-order valence-electron chi connectivity index (χ2n) is 4.12. The fourth-order valence-corrected chi connectivity index (χ4v) is 2.07. The summed E-state index contributed by atoms with van der Waals surface area (Å²) in [6.45, 7) is 1.74. The molecule has 0 amide bonds. The van der Waals surface area contributed by atoms with Gasteiger partial charge >= 0.3 is 0 Å². The molecule has 1 aliphatic rings. The molecule has 2 rings (SSSR count). The van der Waals surface area contributed by atoms with E-state index in [9.17, 15) is 14.9 Å². The highest BCUT2D eigenvalue weighted by atomic mass is 16.6. The lowest BCUT2D eigenvalue weighted by molar-refractivity contribution is -0.536. The van der Waals surface area contributed by atoms with E-state index in [1.54, 1.807) is 19.1 Å². The van der Waals surface area contributed by atoms with Crippen molar-refractivity contribution in [1.29, 1.82) is 0 Å². The molecule has 18 heavy (non-hydrogen) atoms. The zero-order valence-corrected chi connectivity index (χ0v) is 9.99. The third kappa shape index (κ3) is 1.85. The quantitative estimate of drug-likeness (QED) is 0.463. The lowest BCUT2D eigenvalue weighted by Crippen LogP contribution is -2.23. The van der Waals surface area contributed by atoms with Gasteiger partial charge in [-0.05, 0) is 0 Å². The molecule has 1 aromatic rings. The second-order valence-corrected chi connectivity index (χ2v) is 4.12. The van der Waals surface area contributed by atoms with Gasteiger partial charge in [0.1, 0.15) is 5.69 Å². The van der Waals surface area contributed by atoms with E-state index < -0.39 is 6.04 Å². The van der Waals surface area contributed by atoms with Gasteiger partial charge in [-0.1, -0.05) is 19.1 Å². The number of hydrogen-bond acceptors (Lipinski definition) is 5. The molecular weight excluding hydrogens is 236 g/mol. The highest BCUT2D eigenvalue weighted by Gasteiger charge is 2.36. The maximum Gasteiger partial charge on any atom is 0.261 e. The van der Waals surface area contributed by atoms with Gasteiger partial charge in [0.25, 0.3) is 6.04 Å². The molecule has 1 heterocycles. The molecule has 0 spiro atoms. The Hall–Kier alpha value is -2.24. The van der Waals surface area contributed by atoms with Gasteiger partial charge < -0.3 is 4.74 Å². The average Bonchev–Trinajstić information content (AvgIpc) is 2.36. The summed E-state index contributed by atoms with van der Waals surface area (Å²) >= 11 is 0. The summed E-state index contributed by atoms with van der Waals surface area (Å²) in [5.74, 6) is -0.0585. The van der Waals surface area contributed by atoms with E-state index in [2.05, 4.69) is 4.98 Å². The standard InChI is InChI=1S/C12H12N2O4/c1-7-3-4-9-8(6-15)5-10(18-2)13-11(9)12(7)14(16)17/h3-7,12H,1-2H3. The molecule has 0 radical (unpaired) electrons. The summed E-state index contributed by atoms with van der Waals surface area (Å²) in [5.41, 5.74) is 1.15. The van der Waals surface area contributed by atoms with E-state index in [4.69, 9.17) is 4.74 Å². The number of rotatable bonds is 3. The van der Waals surface area contributed by atoms with Crippen LogP contribution in [0.15, 0.2) is 12.1 Å². The minimum absolute atomic E-state index is 0.213. The van der Waals surface area contributed by atoms with Crippen LogP contribution >= 0.6 is 0 Å². The molecule has 0 fully saturated rings. The first-order valence-corrected chi connectivity index (χ1v) is 5.44. The number of ether oxygens (including phenoxy) is 1. The number of hydrogen-bond donors (Lipinski definition) is 0. The average molecular weight is 248 g/mol. The molecule has 0 aliphatic heterocycles. The van der Waals surface area contributed by atoms with Crippen molar-refractivity contribution in [2.45, 2.75) is 13.0 Å². The van der Waals surface area contributed by atoms with Crippen molar-refractivity contribution in [3.8, 4) is 5.88 Å². The Balaban J connectivity index is 2.68. The number of aldehydes is 1. The molecule has 0 saturated heterocycles. The van der Waals surface area contributed by atoms with Crippen molar-refractivity contribution in [1.82, 2.24) is 4.98 Å². The predicted octanol–water partition coefficient (Wildman–Crippen LogP) is 1.88. The van der Waals surface area contributed by atoms with Crippen LogP contribution in [0.2, 0.25) is 0 Å². The summed E-state index contributed by atoms with van der Waals surface area (Å²) in [6, 6.07) is 0.530. The lowest BCUT2D eigenvalue weighted by atomic mass is 9.88. The molecule has 94 valence electrons. The molecule has 0 saturated carbocycles. The Kier molecular flexibility index (Phi) is 3.10. The lowest BCUT2D eigenvalue weighted by Gasteiger charge is -2.21. The molecule has 1 aliphatic carbocycles. The van der Waals surface area contributed by atoms with Crippen LogP contribution in [0, 0.1) is 16.0 Å². The van der Waals surface area contributed by atoms with Crippen LogP contribution in [-0.4, -0.2) is 23.3 Å². The van der Waals surface area contributed by atoms with E-state index in [-0.39, 0.29) is 22.4 Å². The van der Waals surface area contributed by atoms with Crippen LogP contribution in [0.1, 0.15) is 34.6 Å². The van der Waals surface area contributed by atoms with E-state index in [1.165, 1.54) is 13.2 Å². The summed E-state index contributed by atoms with van der Waals surface area (Å²) in [6.07, 6.45) is 4.08. The Bertz CT molecular complexity index is 539. The van der Waals surface area contributed by atoms with Gasteiger partial charge in [-0.3, -0.25) is 14.9 Å². The zero-order valence-electron chi connectivity index (χ0n) is 9.99. The normalized spacial score (nSPS) is 21.2. The summed E-state index contributed by atoms with van der Waals surface area (Å²) in [4.78, 5) is 25.9. The van der Waals surface area contributed by atoms with Gasteiger partial charge in [-0.2, -0.15) is 0 Å². The van der Waals surface area contributed by atoms with Crippen molar-refractivity contribution < 1.29 is 14.5 Å². The number of nitro groups is 1. The highest BCUT2D eigenvalue weighted by Crippen LogP contribution is 2.35. The minimum atomic E-state index is -0.946. The Morgan fingerprint density at radius 1 is 1.56 bits per heavy atom. The number of aromatic nitrogens is 1. The number of methoxy groups -OCH3 is 1. The molecule has 0 bridgehead atoms. The van der Waals surface area contributed by atoms with E-state index in [0.717, 1.165) is 0 Å². The van der Waals surface area contributed by atoms with E-state index in [0.29, 0.717) is 17.4 Å². The van der Waals surface area contributed by atoms with Gasteiger partial charge in [0.15, 0.2) is 6.29 Å². The Labute approximate surface area is 103 Å². The van der Waals surface area contributed by atoms with Crippen molar-refractivity contribution >= 4 is 12.4 Å². The number of carbonyl (C=O) groups is 1. The molecule has 0 aromatic carbocycles. The van der Waals surface area contributed by atoms with Gasteiger partial charge in [0.05, 0.1) is 7.11 Å². The topological polar surface area (TPSA) is 82.3 Å². The fourth-order valence-electron chi connectivity index (χ4n) is 2.07. The zero-order chi connectivity index (χ0) is 13.3. The van der Waals surface area contributed by atoms with Gasteiger partial charge in [0.2, 0.25) is 5.88 Å². The third-order valence-electron chi connectivity index (χ3n) is 3.00. The van der Waals surface area contributed by atoms with Crippen LogP contribution < -0.4 is 4.74 Å². The maximum atomic E-state index is 11.1. The first kappa shape index (κ1) is 12.2. The van der Waals surface area contributed by atoms with Gasteiger partial charge in [-0.15, -0.1) is 0 Å². The number of nitrogens with zero attached hydrogens (tertiary/aromatic N) is 2. The van der Waals surface area contributed by atoms with Crippen molar-refractivity contribution in [2.24, 2.45) is 5.92 Å². The largest absolute Gasteiger partial charge is 0.481 e. The van der Waals surface area contributed by atoms with Crippen molar-refractivity contribution in [3.05, 3.63) is 39.1 Å². The number of fused-ring (bicyclic) bond motifs is 1. The molecule has 0 N–H and O–H groups in total. The maximum absolute atomic E-state index is 11.1. The Morgan fingerprint density at radius 2 is 2.28 bits per heavy atom. The van der Waals surface area contributed by atoms with Crippen LogP contribution in [0.25, 0.3) is 6.08 Å². The molecule has 1 aromatic heterocycles. The van der Waals surface area contributed by atoms with Crippen molar-refractivity contribution in [2.75, 3.05) is 7.11 Å². The van der Waals surface area contributed by atoms with Crippen LogP contribution in [-0.2, 0) is 0 Å². The SMILES string of the molecule is COc1cc(C=O)c2c(n1)C([N+](=O)[O-])C(C)C=C2. The van der Waals surface area contributed by atoms with Gasteiger partial charge in [0, 0.05) is 28.0 Å². The second kappa shape index (κ2) is 4.56. The van der Waals surface area contributed by atoms with Crippen LogP contribution in [0.5, 0.6) is 5.88 Å². The van der Waals surface area contributed by atoms with E-state index in [1.807, 2.05) is 0 Å². The first-order valence-electron chi connectivity index (χ1n) is 5.44. The number of pyridine rings is 1. The monoisotopic (exact) mass is 248 g/mol. The summed E-state index contributed by atoms with van der Waals surface area (Å²) < 4.78 is 4.97. The molecule has 2 unspecified atom stereocenters. The number of carbonyl (C=O) groups excluding carboxylic acids is 1. The highest BCUT2D eigenvalue weighted by molar-refractivity contribution is 5.83. The minimum Gasteiger partial charge on any atom is -0.481 e. The molecule has 2 atom stereocenters. The molecule has 6 nitrogen and oxygen atoms in total. The van der Waals surface area contributed by atoms with Crippen LogP contribution in [0.4, 0.5) is 0 Å². The first-order chi connectivity index (χ1) is 8.58. The predicted molar refractivity (Wildman–Crippen MR) is 64.1 cm³/mol. The Morgan fingerprint density at radius 3 is 2.83 bits per heavy atom.